The lowest BCUT2D eigenvalue weighted by Crippen LogP contribution is -2.05. The maximum atomic E-state index is 5.13. The van der Waals surface area contributed by atoms with Crippen molar-refractivity contribution in [2.24, 2.45) is 0 Å². The highest BCUT2D eigenvalue weighted by molar-refractivity contribution is 9.10. The number of methoxy groups -OCH3 is 1. The van der Waals surface area contributed by atoms with Crippen molar-refractivity contribution >= 4 is 21.6 Å². The molecule has 3 nitrogen and oxygen atoms in total. The van der Waals surface area contributed by atoms with Gasteiger partial charge in [0.15, 0.2) is 0 Å². The highest BCUT2D eigenvalue weighted by Crippen LogP contribution is 2.20. The van der Waals surface area contributed by atoms with E-state index in [2.05, 4.69) is 38.4 Å². The lowest BCUT2D eigenvalue weighted by molar-refractivity contribution is 0.414. The normalized spacial score (nSPS) is 10.1. The van der Waals surface area contributed by atoms with Gasteiger partial charge in [0.2, 0.25) is 0 Å². The van der Waals surface area contributed by atoms with Gasteiger partial charge in [0, 0.05) is 18.9 Å². The Morgan fingerprint density at radius 3 is 2.67 bits per heavy atom. The van der Waals surface area contributed by atoms with E-state index in [9.17, 15) is 0 Å². The average Bonchev–Trinajstić information content (AvgIpc) is 2.42. The summed E-state index contributed by atoms with van der Waals surface area (Å²) in [4.78, 5) is 4.03. The summed E-state index contributed by atoms with van der Waals surface area (Å²) in [6.07, 6.45) is 4.54. The number of nitrogens with zero attached hydrogens (tertiary/aromatic N) is 1. The Balaban J connectivity index is 1.86. The smallest absolute Gasteiger partial charge is 0.118 e. The summed E-state index contributed by atoms with van der Waals surface area (Å²) in [6, 6.07) is 10.1. The molecule has 94 valence electrons. The van der Waals surface area contributed by atoms with E-state index in [4.69, 9.17) is 4.74 Å². The van der Waals surface area contributed by atoms with Crippen LogP contribution < -0.4 is 10.1 Å². The third-order valence-corrected chi connectivity index (χ3v) is 3.29. The second kappa shape index (κ2) is 6.40. The first-order valence-electron chi connectivity index (χ1n) is 5.76. The lowest BCUT2D eigenvalue weighted by Gasteiger charge is -2.08. The minimum absolute atomic E-state index is 0.884. The van der Waals surface area contributed by atoms with E-state index in [1.807, 2.05) is 18.2 Å². The monoisotopic (exact) mass is 306 g/mol. The molecule has 0 aliphatic heterocycles. The van der Waals surface area contributed by atoms with Gasteiger partial charge >= 0.3 is 0 Å². The molecule has 0 saturated heterocycles. The third-order valence-electron chi connectivity index (χ3n) is 2.66. The Morgan fingerprint density at radius 1 is 1.22 bits per heavy atom. The van der Waals surface area contributed by atoms with Gasteiger partial charge in [-0.15, -0.1) is 0 Å². The molecule has 1 aromatic heterocycles. The van der Waals surface area contributed by atoms with Gasteiger partial charge in [-0.05, 0) is 46.1 Å². The molecule has 0 spiro atoms. The van der Waals surface area contributed by atoms with Crippen LogP contribution in [0.3, 0.4) is 0 Å². The molecule has 2 aromatic rings. The maximum Gasteiger partial charge on any atom is 0.118 e. The molecule has 0 bridgehead atoms. The largest absolute Gasteiger partial charge is 0.497 e. The standard InChI is InChI=1S/C14H15BrN2O/c1-18-12-4-2-11(3-5-12)6-9-17-14-7-8-16-10-13(14)15/h2-5,7-8,10H,6,9H2,1H3,(H,16,17). The molecule has 0 atom stereocenters. The topological polar surface area (TPSA) is 34.1 Å². The Bertz CT molecular complexity index is 499. The lowest BCUT2D eigenvalue weighted by atomic mass is 10.1. The van der Waals surface area contributed by atoms with Crippen molar-refractivity contribution in [3.8, 4) is 5.75 Å². The van der Waals surface area contributed by atoms with Crippen molar-refractivity contribution in [3.63, 3.8) is 0 Å². The van der Waals surface area contributed by atoms with Gasteiger partial charge in [-0.3, -0.25) is 4.98 Å². The van der Waals surface area contributed by atoms with Crippen molar-refractivity contribution in [2.75, 3.05) is 19.0 Å². The molecule has 0 aliphatic rings. The van der Waals surface area contributed by atoms with Crippen molar-refractivity contribution in [1.82, 2.24) is 4.98 Å². The molecule has 0 saturated carbocycles. The number of hydrogen-bond donors (Lipinski definition) is 1. The zero-order valence-corrected chi connectivity index (χ0v) is 11.8. The quantitative estimate of drug-likeness (QED) is 0.918. The molecule has 4 heteroatoms. The van der Waals surface area contributed by atoms with E-state index < -0.39 is 0 Å². The van der Waals surface area contributed by atoms with Crippen LogP contribution in [0, 0.1) is 0 Å². The number of benzene rings is 1. The average molecular weight is 307 g/mol. The SMILES string of the molecule is COc1ccc(CCNc2ccncc2Br)cc1. The Labute approximate surface area is 115 Å². The van der Waals surface area contributed by atoms with E-state index in [0.717, 1.165) is 28.9 Å². The van der Waals surface area contributed by atoms with Gasteiger partial charge in [0.25, 0.3) is 0 Å². The number of anilines is 1. The van der Waals surface area contributed by atoms with Crippen LogP contribution in [0.2, 0.25) is 0 Å². The van der Waals surface area contributed by atoms with Crippen LogP contribution >= 0.6 is 15.9 Å². The summed E-state index contributed by atoms with van der Waals surface area (Å²) in [7, 11) is 1.68. The Hall–Kier alpha value is -1.55. The van der Waals surface area contributed by atoms with Crippen LogP contribution in [-0.2, 0) is 6.42 Å². The van der Waals surface area contributed by atoms with Crippen LogP contribution in [0.1, 0.15) is 5.56 Å². The second-order valence-electron chi connectivity index (χ2n) is 3.88. The summed E-state index contributed by atoms with van der Waals surface area (Å²) < 4.78 is 6.12. The zero-order valence-electron chi connectivity index (χ0n) is 10.2. The molecule has 0 aliphatic carbocycles. The van der Waals surface area contributed by atoms with Crippen molar-refractivity contribution in [2.45, 2.75) is 6.42 Å². The fourth-order valence-electron chi connectivity index (χ4n) is 1.65. The molecular formula is C14H15BrN2O. The number of ether oxygens (including phenoxy) is 1. The highest BCUT2D eigenvalue weighted by Gasteiger charge is 1.98. The highest BCUT2D eigenvalue weighted by atomic mass is 79.9. The number of pyridine rings is 1. The molecule has 18 heavy (non-hydrogen) atoms. The van der Waals surface area contributed by atoms with Crippen molar-refractivity contribution in [1.29, 1.82) is 0 Å². The van der Waals surface area contributed by atoms with Crippen LogP contribution in [0.5, 0.6) is 5.75 Å². The molecule has 1 heterocycles. The van der Waals surface area contributed by atoms with E-state index in [-0.39, 0.29) is 0 Å². The van der Waals surface area contributed by atoms with Gasteiger partial charge in [0.05, 0.1) is 17.3 Å². The van der Waals surface area contributed by atoms with Gasteiger partial charge in [-0.2, -0.15) is 0 Å². The third kappa shape index (κ3) is 3.47. The van der Waals surface area contributed by atoms with E-state index >= 15 is 0 Å². The Morgan fingerprint density at radius 2 is 2.00 bits per heavy atom. The van der Waals surface area contributed by atoms with E-state index in [0.29, 0.717) is 0 Å². The predicted octanol–water partition coefficient (Wildman–Crippen LogP) is 3.51. The fraction of sp³-hybridized carbons (Fsp3) is 0.214. The Kier molecular flexibility index (Phi) is 4.59. The fourth-order valence-corrected chi connectivity index (χ4v) is 2.04. The molecule has 1 N–H and O–H groups in total. The molecular weight excluding hydrogens is 292 g/mol. The van der Waals surface area contributed by atoms with E-state index in [1.54, 1.807) is 19.5 Å². The van der Waals surface area contributed by atoms with Crippen molar-refractivity contribution < 1.29 is 4.74 Å². The molecule has 1 aromatic carbocycles. The molecule has 0 unspecified atom stereocenters. The van der Waals surface area contributed by atoms with Gasteiger partial charge in [-0.25, -0.2) is 0 Å². The van der Waals surface area contributed by atoms with Gasteiger partial charge in [0.1, 0.15) is 5.75 Å². The molecule has 0 radical (unpaired) electrons. The first-order valence-corrected chi connectivity index (χ1v) is 6.55. The summed E-state index contributed by atoms with van der Waals surface area (Å²) in [6.45, 7) is 0.884. The molecule has 2 rings (SSSR count). The summed E-state index contributed by atoms with van der Waals surface area (Å²) in [5.41, 5.74) is 2.35. The number of rotatable bonds is 5. The van der Waals surface area contributed by atoms with Crippen LogP contribution in [0.4, 0.5) is 5.69 Å². The first kappa shape index (κ1) is 12.9. The minimum atomic E-state index is 0.884. The molecule has 0 amide bonds. The van der Waals surface area contributed by atoms with Gasteiger partial charge in [-0.1, -0.05) is 12.1 Å². The van der Waals surface area contributed by atoms with Gasteiger partial charge < -0.3 is 10.1 Å². The summed E-state index contributed by atoms with van der Waals surface area (Å²) >= 11 is 3.46. The summed E-state index contributed by atoms with van der Waals surface area (Å²) in [5.74, 6) is 0.892. The zero-order chi connectivity index (χ0) is 12.8. The van der Waals surface area contributed by atoms with E-state index in [1.165, 1.54) is 5.56 Å². The van der Waals surface area contributed by atoms with Crippen molar-refractivity contribution in [3.05, 3.63) is 52.8 Å². The number of nitrogens with one attached hydrogen (secondary N) is 1. The van der Waals surface area contributed by atoms with Crippen LogP contribution in [0.25, 0.3) is 0 Å². The first-order chi connectivity index (χ1) is 8.79. The molecule has 0 fully saturated rings. The summed E-state index contributed by atoms with van der Waals surface area (Å²) in [5, 5.41) is 3.37. The predicted molar refractivity (Wildman–Crippen MR) is 77.1 cm³/mol. The number of hydrogen-bond acceptors (Lipinski definition) is 3. The number of halogens is 1. The van der Waals surface area contributed by atoms with Crippen LogP contribution in [-0.4, -0.2) is 18.6 Å². The minimum Gasteiger partial charge on any atom is -0.497 e. The van der Waals surface area contributed by atoms with Crippen LogP contribution in [0.15, 0.2) is 47.2 Å². The second-order valence-corrected chi connectivity index (χ2v) is 4.73. The maximum absolute atomic E-state index is 5.13. The number of aromatic nitrogens is 1.